The van der Waals surface area contributed by atoms with E-state index in [0.717, 1.165) is 0 Å². The Balaban J connectivity index is 1.54. The average Bonchev–Trinajstić information content (AvgIpc) is 3.16. The average molecular weight is 369 g/mol. The molecule has 0 bridgehead atoms. The molecule has 1 atom stereocenters. The maximum absolute atomic E-state index is 13.1. The van der Waals surface area contributed by atoms with Crippen molar-refractivity contribution in [3.63, 3.8) is 0 Å². The number of benzene rings is 1. The van der Waals surface area contributed by atoms with Gasteiger partial charge in [-0.15, -0.1) is 0 Å². The van der Waals surface area contributed by atoms with Crippen molar-refractivity contribution in [1.29, 1.82) is 0 Å². The molecule has 0 spiro atoms. The number of carbonyl (C=O) groups excluding carboxylic acids is 1. The summed E-state index contributed by atoms with van der Waals surface area (Å²) in [6.07, 6.45) is -0.472. The third-order valence-corrected chi connectivity index (χ3v) is 4.52. The van der Waals surface area contributed by atoms with Crippen molar-refractivity contribution in [3.8, 4) is 0 Å². The Hall–Kier alpha value is -3.16. The van der Waals surface area contributed by atoms with Crippen LogP contribution in [-0.4, -0.2) is 44.9 Å². The Morgan fingerprint density at radius 2 is 1.96 bits per heavy atom. The zero-order valence-corrected chi connectivity index (χ0v) is 14.3. The molecule has 1 N–H and O–H groups in total. The number of pyridine rings is 1. The molecule has 27 heavy (non-hydrogen) atoms. The van der Waals surface area contributed by atoms with Crippen LogP contribution in [0.1, 0.15) is 29.2 Å². The number of anilines is 1. The normalized spacial score (nSPS) is 16.9. The lowest BCUT2D eigenvalue weighted by Gasteiger charge is -2.18. The molecule has 1 amide bonds. The second-order valence-electron chi connectivity index (χ2n) is 6.34. The van der Waals surface area contributed by atoms with E-state index >= 15 is 0 Å². The maximum atomic E-state index is 13.1. The van der Waals surface area contributed by atoms with Crippen LogP contribution in [0.2, 0.25) is 0 Å². The fourth-order valence-corrected chi connectivity index (χ4v) is 3.21. The lowest BCUT2D eigenvalue weighted by atomic mass is 10.2. The van der Waals surface area contributed by atoms with Gasteiger partial charge in [0.25, 0.3) is 12.3 Å². The highest BCUT2D eigenvalue weighted by atomic mass is 19.3. The molecule has 1 unspecified atom stereocenters. The highest BCUT2D eigenvalue weighted by molar-refractivity contribution is 5.92. The molecule has 0 radical (unpaired) electrons. The number of halogens is 2. The summed E-state index contributed by atoms with van der Waals surface area (Å²) in [7, 11) is 0. The summed E-state index contributed by atoms with van der Waals surface area (Å²) >= 11 is 0. The summed E-state index contributed by atoms with van der Waals surface area (Å²) in [6, 6.07) is 12.1. The number of nitrogens with one attached hydrogen (secondary N) is 1. The minimum Gasteiger partial charge on any atom is -0.365 e. The number of rotatable bonds is 4. The standard InChI is InChI=1S/C19H17F2N5O/c20-16(21)18-24-14-6-2-1-5-13(14)17(25-18)23-12-8-10-26(11-12)19(27)15-7-3-4-9-22-15/h1-7,9,12,16H,8,10-11H2,(H,23,24,25). The van der Waals surface area contributed by atoms with Crippen LogP contribution in [0.5, 0.6) is 0 Å². The Labute approximate surface area is 154 Å². The molecular weight excluding hydrogens is 352 g/mol. The third kappa shape index (κ3) is 3.55. The summed E-state index contributed by atoms with van der Waals surface area (Å²) < 4.78 is 26.3. The first-order valence-electron chi connectivity index (χ1n) is 8.63. The molecule has 8 heteroatoms. The molecule has 6 nitrogen and oxygen atoms in total. The molecule has 4 rings (SSSR count). The van der Waals surface area contributed by atoms with Crippen LogP contribution in [0.15, 0.2) is 48.7 Å². The van der Waals surface area contributed by atoms with Crippen molar-refractivity contribution in [3.05, 3.63) is 60.2 Å². The number of likely N-dealkylation sites (tertiary alicyclic amines) is 1. The van der Waals surface area contributed by atoms with Gasteiger partial charge < -0.3 is 10.2 Å². The van der Waals surface area contributed by atoms with Crippen LogP contribution < -0.4 is 5.32 Å². The first-order chi connectivity index (χ1) is 13.1. The Morgan fingerprint density at radius 1 is 1.15 bits per heavy atom. The smallest absolute Gasteiger partial charge is 0.297 e. The van der Waals surface area contributed by atoms with Gasteiger partial charge in [-0.1, -0.05) is 18.2 Å². The van der Waals surface area contributed by atoms with Crippen LogP contribution >= 0.6 is 0 Å². The second-order valence-corrected chi connectivity index (χ2v) is 6.34. The van der Waals surface area contributed by atoms with Crippen molar-refractivity contribution in [1.82, 2.24) is 19.9 Å². The fraction of sp³-hybridized carbons (Fsp3) is 0.263. The molecule has 1 aliphatic heterocycles. The second kappa shape index (κ2) is 7.22. The molecule has 1 aromatic carbocycles. The van der Waals surface area contributed by atoms with E-state index in [1.54, 1.807) is 47.5 Å². The van der Waals surface area contributed by atoms with Gasteiger partial charge in [0.2, 0.25) is 0 Å². The number of hydrogen-bond donors (Lipinski definition) is 1. The molecular formula is C19H17F2N5O. The van der Waals surface area contributed by atoms with Gasteiger partial charge in [0.05, 0.1) is 5.52 Å². The van der Waals surface area contributed by atoms with E-state index in [1.165, 1.54) is 0 Å². The number of hydrogen-bond acceptors (Lipinski definition) is 5. The lowest BCUT2D eigenvalue weighted by molar-refractivity contribution is 0.0786. The zero-order chi connectivity index (χ0) is 18.8. The van der Waals surface area contributed by atoms with Crippen molar-refractivity contribution in [2.45, 2.75) is 18.9 Å². The summed E-state index contributed by atoms with van der Waals surface area (Å²) in [6.45, 7) is 1.02. The van der Waals surface area contributed by atoms with E-state index in [1.807, 2.05) is 6.07 Å². The first-order valence-corrected chi connectivity index (χ1v) is 8.63. The minimum atomic E-state index is -2.75. The van der Waals surface area contributed by atoms with Gasteiger partial charge in [0.15, 0.2) is 5.82 Å². The molecule has 3 heterocycles. The summed E-state index contributed by atoms with van der Waals surface area (Å²) in [4.78, 5) is 26.2. The third-order valence-electron chi connectivity index (χ3n) is 4.52. The van der Waals surface area contributed by atoms with E-state index in [0.29, 0.717) is 41.9 Å². The number of nitrogens with zero attached hydrogens (tertiary/aromatic N) is 4. The van der Waals surface area contributed by atoms with E-state index in [2.05, 4.69) is 20.3 Å². The highest BCUT2D eigenvalue weighted by Gasteiger charge is 2.28. The number of alkyl halides is 2. The van der Waals surface area contributed by atoms with E-state index in [4.69, 9.17) is 0 Å². The predicted octanol–water partition coefficient (Wildman–Crippen LogP) is 3.29. The molecule has 1 aliphatic rings. The molecule has 138 valence electrons. The van der Waals surface area contributed by atoms with Gasteiger partial charge >= 0.3 is 0 Å². The van der Waals surface area contributed by atoms with Crippen LogP contribution in [-0.2, 0) is 0 Å². The van der Waals surface area contributed by atoms with Crippen LogP contribution in [0.4, 0.5) is 14.6 Å². The van der Waals surface area contributed by atoms with Crippen molar-refractivity contribution >= 4 is 22.6 Å². The van der Waals surface area contributed by atoms with Crippen molar-refractivity contribution in [2.24, 2.45) is 0 Å². The molecule has 1 saturated heterocycles. The lowest BCUT2D eigenvalue weighted by Crippen LogP contribution is -2.32. The summed E-state index contributed by atoms with van der Waals surface area (Å²) in [5.74, 6) is -0.274. The highest BCUT2D eigenvalue weighted by Crippen LogP contribution is 2.26. The number of aromatic nitrogens is 3. The Bertz CT molecular complexity index is 967. The zero-order valence-electron chi connectivity index (χ0n) is 14.3. The monoisotopic (exact) mass is 369 g/mol. The maximum Gasteiger partial charge on any atom is 0.297 e. The van der Waals surface area contributed by atoms with Crippen LogP contribution in [0.3, 0.4) is 0 Å². The van der Waals surface area contributed by atoms with Gasteiger partial charge in [0.1, 0.15) is 11.5 Å². The SMILES string of the molecule is O=C(c1ccccn1)N1CCC(Nc2nc(C(F)F)nc3ccccc23)C1. The van der Waals surface area contributed by atoms with Gasteiger partial charge in [-0.2, -0.15) is 0 Å². The summed E-state index contributed by atoms with van der Waals surface area (Å²) in [5, 5.41) is 3.89. The fourth-order valence-electron chi connectivity index (χ4n) is 3.21. The van der Waals surface area contributed by atoms with E-state index < -0.39 is 12.2 Å². The quantitative estimate of drug-likeness (QED) is 0.764. The number of carbonyl (C=O) groups is 1. The molecule has 0 saturated carbocycles. The van der Waals surface area contributed by atoms with Gasteiger partial charge in [-0.05, 0) is 30.7 Å². The van der Waals surface area contributed by atoms with Gasteiger partial charge in [-0.3, -0.25) is 9.78 Å². The Morgan fingerprint density at radius 3 is 2.74 bits per heavy atom. The molecule has 0 aliphatic carbocycles. The van der Waals surface area contributed by atoms with Gasteiger partial charge in [-0.25, -0.2) is 18.7 Å². The molecule has 2 aromatic heterocycles. The van der Waals surface area contributed by atoms with Crippen molar-refractivity contribution < 1.29 is 13.6 Å². The molecule has 3 aromatic rings. The van der Waals surface area contributed by atoms with E-state index in [-0.39, 0.29) is 11.9 Å². The van der Waals surface area contributed by atoms with Crippen LogP contribution in [0.25, 0.3) is 10.9 Å². The van der Waals surface area contributed by atoms with E-state index in [9.17, 15) is 13.6 Å². The first kappa shape index (κ1) is 17.3. The summed E-state index contributed by atoms with van der Waals surface area (Å²) in [5.41, 5.74) is 0.857. The predicted molar refractivity (Wildman–Crippen MR) is 96.7 cm³/mol. The number of fused-ring (bicyclic) bond motifs is 1. The topological polar surface area (TPSA) is 71.0 Å². The van der Waals surface area contributed by atoms with Crippen molar-refractivity contribution in [2.75, 3.05) is 18.4 Å². The number of para-hydroxylation sites is 1. The Kier molecular flexibility index (Phi) is 4.62. The minimum absolute atomic E-state index is 0.0820. The number of amides is 1. The largest absolute Gasteiger partial charge is 0.365 e. The van der Waals surface area contributed by atoms with Gasteiger partial charge in [0, 0.05) is 30.7 Å². The molecule has 1 fully saturated rings. The van der Waals surface area contributed by atoms with Crippen LogP contribution in [0, 0.1) is 0 Å².